The van der Waals surface area contributed by atoms with Crippen molar-refractivity contribution in [1.29, 1.82) is 5.26 Å². The van der Waals surface area contributed by atoms with Gasteiger partial charge in [-0.15, -0.1) is 0 Å². The van der Waals surface area contributed by atoms with E-state index in [1.807, 2.05) is 6.92 Å². The van der Waals surface area contributed by atoms with E-state index in [1.165, 1.54) is 23.4 Å². The van der Waals surface area contributed by atoms with Crippen molar-refractivity contribution in [3.63, 3.8) is 0 Å². The third kappa shape index (κ3) is 3.95. The lowest BCUT2D eigenvalue weighted by atomic mass is 10.1. The molecule has 3 aromatic heterocycles. The smallest absolute Gasteiger partial charge is 0.227 e. The zero-order valence-electron chi connectivity index (χ0n) is 17.5. The fourth-order valence-electron chi connectivity index (χ4n) is 3.68. The quantitative estimate of drug-likeness (QED) is 0.452. The maximum Gasteiger partial charge on any atom is 0.227 e. The second kappa shape index (κ2) is 8.59. The molecule has 0 unspecified atom stereocenters. The van der Waals surface area contributed by atoms with Crippen LogP contribution >= 0.6 is 0 Å². The van der Waals surface area contributed by atoms with E-state index in [2.05, 4.69) is 16.2 Å². The summed E-state index contributed by atoms with van der Waals surface area (Å²) in [6, 6.07) is 8.50. The number of carbonyl (C=O) groups excluding carboxylic acids is 1. The molecule has 0 fully saturated rings. The number of furan rings is 1. The van der Waals surface area contributed by atoms with Gasteiger partial charge in [0.05, 0.1) is 24.7 Å². The summed E-state index contributed by atoms with van der Waals surface area (Å²) in [4.78, 5) is 18.9. The van der Waals surface area contributed by atoms with Crippen molar-refractivity contribution in [3.8, 4) is 6.07 Å². The van der Waals surface area contributed by atoms with Crippen LogP contribution in [0.1, 0.15) is 34.7 Å². The maximum atomic E-state index is 14.5. The highest BCUT2D eigenvalue weighted by Gasteiger charge is 2.22. The summed E-state index contributed by atoms with van der Waals surface area (Å²) in [6.45, 7) is 3.66. The molecular weight excluding hydrogens is 416 g/mol. The molecule has 0 saturated heterocycles. The van der Waals surface area contributed by atoms with Crippen LogP contribution in [0.3, 0.4) is 0 Å². The first-order valence-electron chi connectivity index (χ1n) is 9.90. The van der Waals surface area contributed by atoms with E-state index >= 15 is 0 Å². The Hall–Kier alpha value is -4.06. The van der Waals surface area contributed by atoms with Crippen LogP contribution in [-0.2, 0) is 17.8 Å². The van der Waals surface area contributed by atoms with Crippen LogP contribution in [-0.4, -0.2) is 20.5 Å². The zero-order valence-corrected chi connectivity index (χ0v) is 17.5. The van der Waals surface area contributed by atoms with Gasteiger partial charge in [-0.25, -0.2) is 18.3 Å². The molecule has 3 heterocycles. The number of nitriles is 1. The number of aryl methyl sites for hydroxylation is 2. The van der Waals surface area contributed by atoms with Crippen LogP contribution in [0.2, 0.25) is 0 Å². The van der Waals surface area contributed by atoms with Crippen LogP contribution in [0, 0.1) is 36.8 Å². The lowest BCUT2D eigenvalue weighted by Gasteiger charge is -2.23. The number of carbonyl (C=O) groups is 1. The van der Waals surface area contributed by atoms with E-state index in [-0.39, 0.29) is 24.6 Å². The molecule has 0 aliphatic rings. The number of hydrogen-bond donors (Lipinski definition) is 0. The molecule has 162 valence electrons. The van der Waals surface area contributed by atoms with Crippen LogP contribution in [0.15, 0.2) is 47.2 Å². The second-order valence-electron chi connectivity index (χ2n) is 7.32. The summed E-state index contributed by atoms with van der Waals surface area (Å²) in [5.74, 6) is -1.44. The van der Waals surface area contributed by atoms with E-state index in [0.29, 0.717) is 29.1 Å². The highest BCUT2D eigenvalue weighted by molar-refractivity contribution is 5.93. The lowest BCUT2D eigenvalue weighted by Crippen LogP contribution is -2.31. The van der Waals surface area contributed by atoms with E-state index in [0.717, 1.165) is 23.4 Å². The number of hydrogen-bond acceptors (Lipinski definition) is 5. The van der Waals surface area contributed by atoms with Gasteiger partial charge in [0.1, 0.15) is 29.0 Å². The van der Waals surface area contributed by atoms with Crippen LogP contribution in [0.25, 0.3) is 5.65 Å². The highest BCUT2D eigenvalue weighted by Crippen LogP contribution is 2.25. The molecule has 9 heteroatoms. The molecule has 0 spiro atoms. The summed E-state index contributed by atoms with van der Waals surface area (Å²) in [7, 11) is 0. The summed E-state index contributed by atoms with van der Waals surface area (Å²) in [5, 5.41) is 13.4. The van der Waals surface area contributed by atoms with Gasteiger partial charge in [-0.05, 0) is 50.1 Å². The predicted octanol–water partition coefficient (Wildman–Crippen LogP) is 4.26. The monoisotopic (exact) mass is 435 g/mol. The number of halogens is 2. The minimum Gasteiger partial charge on any atom is -0.467 e. The number of anilines is 1. The first-order valence-corrected chi connectivity index (χ1v) is 9.90. The Balaban J connectivity index is 1.62. The molecule has 4 rings (SSSR count). The molecule has 0 aliphatic heterocycles. The van der Waals surface area contributed by atoms with Crippen molar-refractivity contribution in [2.75, 3.05) is 4.90 Å². The average Bonchev–Trinajstić information content (AvgIpc) is 3.41. The summed E-state index contributed by atoms with van der Waals surface area (Å²) < 4.78 is 34.8. The predicted molar refractivity (Wildman–Crippen MR) is 112 cm³/mol. The molecule has 0 atom stereocenters. The van der Waals surface area contributed by atoms with Gasteiger partial charge in [0.25, 0.3) is 0 Å². The molecule has 7 nitrogen and oxygen atoms in total. The molecule has 0 saturated carbocycles. The lowest BCUT2D eigenvalue weighted by molar-refractivity contribution is -0.118. The minimum atomic E-state index is -0.832. The molecule has 32 heavy (non-hydrogen) atoms. The summed E-state index contributed by atoms with van der Waals surface area (Å²) >= 11 is 0. The third-order valence-electron chi connectivity index (χ3n) is 5.31. The Kier molecular flexibility index (Phi) is 5.69. The molecule has 0 N–H and O–H groups in total. The molecule has 0 aliphatic carbocycles. The number of benzene rings is 1. The van der Waals surface area contributed by atoms with Gasteiger partial charge in [-0.3, -0.25) is 4.79 Å². The summed E-state index contributed by atoms with van der Waals surface area (Å²) in [5.41, 5.74) is 3.08. The number of aromatic nitrogens is 3. The van der Waals surface area contributed by atoms with Gasteiger partial charge in [-0.1, -0.05) is 0 Å². The van der Waals surface area contributed by atoms with Gasteiger partial charge < -0.3 is 9.32 Å². The molecule has 0 radical (unpaired) electrons. The highest BCUT2D eigenvalue weighted by atomic mass is 19.1. The van der Waals surface area contributed by atoms with E-state index in [9.17, 15) is 18.8 Å². The summed E-state index contributed by atoms with van der Waals surface area (Å²) in [6.07, 6.45) is 3.30. The number of fused-ring (bicyclic) bond motifs is 1. The molecule has 4 aromatic rings. The number of nitrogens with zero attached hydrogens (tertiary/aromatic N) is 5. The SMILES string of the molecule is Cc1nc2c(C#N)cnn2c(C)c1CCC(=O)N(Cc1ccco1)c1ccc(F)cc1F. The van der Waals surface area contributed by atoms with Crippen molar-refractivity contribution in [2.24, 2.45) is 0 Å². The zero-order chi connectivity index (χ0) is 22.8. The van der Waals surface area contributed by atoms with E-state index in [4.69, 9.17) is 4.42 Å². The second-order valence-corrected chi connectivity index (χ2v) is 7.32. The van der Waals surface area contributed by atoms with Crippen molar-refractivity contribution in [2.45, 2.75) is 33.2 Å². The van der Waals surface area contributed by atoms with Crippen LogP contribution in [0.4, 0.5) is 14.5 Å². The Morgan fingerprint density at radius 1 is 1.28 bits per heavy atom. The fourth-order valence-corrected chi connectivity index (χ4v) is 3.68. The molecule has 0 bridgehead atoms. The third-order valence-corrected chi connectivity index (χ3v) is 5.31. The van der Waals surface area contributed by atoms with Gasteiger partial charge >= 0.3 is 0 Å². The van der Waals surface area contributed by atoms with Crippen LogP contribution in [0.5, 0.6) is 0 Å². The Morgan fingerprint density at radius 2 is 2.09 bits per heavy atom. The number of amides is 1. The molecule has 1 aromatic carbocycles. The van der Waals surface area contributed by atoms with E-state index < -0.39 is 11.6 Å². The average molecular weight is 435 g/mol. The first-order chi connectivity index (χ1) is 15.4. The van der Waals surface area contributed by atoms with Crippen LogP contribution < -0.4 is 4.90 Å². The standard InChI is InChI=1S/C23H19F2N5O2/c1-14-19(15(2)30-23(28-14)16(11-26)12-27-30)6-8-22(31)29(13-18-4-3-9-32-18)21-7-5-17(24)10-20(21)25/h3-5,7,9-10,12H,6,8,13H2,1-2H3. The molecular formula is C23H19F2N5O2. The number of rotatable bonds is 6. The maximum absolute atomic E-state index is 14.5. The first kappa shape index (κ1) is 21.2. The topological polar surface area (TPSA) is 87.4 Å². The fraction of sp³-hybridized carbons (Fsp3) is 0.217. The van der Waals surface area contributed by atoms with Crippen molar-refractivity contribution >= 4 is 17.2 Å². The molecule has 1 amide bonds. The largest absolute Gasteiger partial charge is 0.467 e. The normalized spacial score (nSPS) is 11.0. The Morgan fingerprint density at radius 3 is 2.78 bits per heavy atom. The van der Waals surface area contributed by atoms with Gasteiger partial charge in [0, 0.05) is 23.9 Å². The van der Waals surface area contributed by atoms with Gasteiger partial charge in [0.15, 0.2) is 5.65 Å². The Labute approximate surface area is 182 Å². The van der Waals surface area contributed by atoms with Crippen molar-refractivity contribution < 1.29 is 18.0 Å². The van der Waals surface area contributed by atoms with Gasteiger partial charge in [0.2, 0.25) is 5.91 Å². The van der Waals surface area contributed by atoms with Gasteiger partial charge in [-0.2, -0.15) is 10.4 Å². The Bertz CT molecular complexity index is 1340. The van der Waals surface area contributed by atoms with Crippen molar-refractivity contribution in [3.05, 3.63) is 82.7 Å². The minimum absolute atomic E-state index is 0.00825. The van der Waals surface area contributed by atoms with Crippen molar-refractivity contribution in [1.82, 2.24) is 14.6 Å². The van der Waals surface area contributed by atoms with E-state index in [1.54, 1.807) is 23.6 Å².